The van der Waals surface area contributed by atoms with Crippen LogP contribution in [-0.4, -0.2) is 86.7 Å². The van der Waals surface area contributed by atoms with E-state index in [9.17, 15) is 38.2 Å². The second-order valence-electron chi connectivity index (χ2n) is 11.3. The summed E-state index contributed by atoms with van der Waals surface area (Å²) in [5.41, 5.74) is -4.35. The summed E-state index contributed by atoms with van der Waals surface area (Å²) in [5.74, 6) is -13.1. The van der Waals surface area contributed by atoms with E-state index in [0.717, 1.165) is 0 Å². The number of nitrogens with zero attached hydrogens (tertiary/aromatic N) is 8. The van der Waals surface area contributed by atoms with Crippen LogP contribution in [0.3, 0.4) is 0 Å². The Morgan fingerprint density at radius 1 is 0.625 bits per heavy atom. The lowest BCUT2D eigenvalue weighted by Gasteiger charge is -2.15. The van der Waals surface area contributed by atoms with Gasteiger partial charge < -0.3 is 30.3 Å². The van der Waals surface area contributed by atoms with Crippen LogP contribution >= 0.6 is 0 Å². The first-order valence-corrected chi connectivity index (χ1v) is 16.0. The van der Waals surface area contributed by atoms with Crippen LogP contribution in [0.2, 0.25) is 0 Å². The summed E-state index contributed by atoms with van der Waals surface area (Å²) in [6, 6.07) is 6.14. The molecule has 4 aromatic heterocycles. The third-order valence-corrected chi connectivity index (χ3v) is 7.63. The number of carbonyl (C=O) groups is 4. The molecule has 0 atom stereocenters. The minimum Gasteiger partial charge on any atom is -0.488 e. The Labute approximate surface area is 310 Å². The fraction of sp³-hybridized carbons (Fsp3) is 0.118. The quantitative estimate of drug-likeness (QED) is 0.0839. The summed E-state index contributed by atoms with van der Waals surface area (Å²) in [6.07, 6.45) is 8.84. The number of hydrogen-bond acceptors (Lipinski definition) is 12. The third-order valence-electron chi connectivity index (χ3n) is 7.63. The van der Waals surface area contributed by atoms with Crippen LogP contribution in [-0.2, 0) is 0 Å². The molecule has 4 N–H and O–H groups in total. The number of carboxylic acid groups (broad SMARTS) is 2. The van der Waals surface area contributed by atoms with E-state index in [0.29, 0.717) is 23.8 Å². The number of carboxylic acids is 2. The number of nitrogens with one attached hydrogen (secondary N) is 2. The van der Waals surface area contributed by atoms with E-state index in [-0.39, 0.29) is 24.2 Å². The van der Waals surface area contributed by atoms with E-state index in [4.69, 9.17) is 9.47 Å². The first kappa shape index (κ1) is 38.0. The Morgan fingerprint density at radius 3 is 1.36 bits per heavy atom. The van der Waals surface area contributed by atoms with Gasteiger partial charge in [0, 0.05) is 24.8 Å². The number of benzene rings is 2. The summed E-state index contributed by atoms with van der Waals surface area (Å²) in [6.45, 7) is -0.855. The minimum absolute atomic E-state index is 0.0477. The number of anilines is 2. The van der Waals surface area contributed by atoms with Gasteiger partial charge in [-0.15, -0.1) is 20.4 Å². The van der Waals surface area contributed by atoms with Crippen molar-refractivity contribution >= 4 is 35.1 Å². The van der Waals surface area contributed by atoms with E-state index in [1.165, 1.54) is 58.4 Å². The largest absolute Gasteiger partial charge is 0.488 e. The molecule has 56 heavy (non-hydrogen) atoms. The predicted molar refractivity (Wildman–Crippen MR) is 181 cm³/mol. The van der Waals surface area contributed by atoms with Crippen molar-refractivity contribution in [3.63, 3.8) is 0 Å². The molecule has 2 amide bonds. The number of aromatic nitrogens is 8. The maximum absolute atomic E-state index is 15.5. The third kappa shape index (κ3) is 8.22. The standard InChI is InChI=1S/C34H24F4N10O8/c35-19-13-17(33(51)52)27(41-31(49)21-3-5-23(45-43-21)47-9-7-39-15-47)25(37)29(19)55-11-1-2-12-56-30-20(36)14-18(34(53)54)28(26(30)38)42-32(50)22-4-6-24(46-44-22)48-10-8-40-16-48/h3-10,13-16H,1-2,11-12H2,(H,41,49)(H,42,50)(H,51,52)(H,53,54). The number of imidazole rings is 2. The monoisotopic (exact) mass is 776 g/mol. The molecule has 0 saturated heterocycles. The maximum Gasteiger partial charge on any atom is 0.338 e. The van der Waals surface area contributed by atoms with Gasteiger partial charge in [0.2, 0.25) is 0 Å². The molecule has 0 unspecified atom stereocenters. The molecule has 22 heteroatoms. The van der Waals surface area contributed by atoms with Gasteiger partial charge in [-0.3, -0.25) is 18.7 Å². The summed E-state index contributed by atoms with van der Waals surface area (Å²) >= 11 is 0. The number of aromatic carboxylic acids is 2. The molecule has 0 fully saturated rings. The molecule has 6 aromatic rings. The van der Waals surface area contributed by atoms with Crippen LogP contribution < -0.4 is 20.1 Å². The van der Waals surface area contributed by atoms with E-state index < -0.39 is 94.2 Å². The summed E-state index contributed by atoms with van der Waals surface area (Å²) in [5, 5.41) is 38.4. The lowest BCUT2D eigenvalue weighted by atomic mass is 10.1. The molecule has 18 nitrogen and oxygen atoms in total. The van der Waals surface area contributed by atoms with Crippen LogP contribution in [0.25, 0.3) is 11.6 Å². The molecule has 0 spiro atoms. The van der Waals surface area contributed by atoms with E-state index >= 15 is 8.78 Å². The summed E-state index contributed by atoms with van der Waals surface area (Å²) in [7, 11) is 0. The SMILES string of the molecule is O=C(Nc1c(C(=O)O)cc(F)c(OCCCCOc2c(F)cc(C(=O)O)c(NC(=O)c3ccc(-n4ccnc4)nn3)c2F)c1F)c1ccc(-n2ccnc2)nn1. The molecule has 286 valence electrons. The number of rotatable bonds is 15. The van der Waals surface area contributed by atoms with E-state index in [1.807, 2.05) is 0 Å². The fourth-order valence-electron chi connectivity index (χ4n) is 4.91. The van der Waals surface area contributed by atoms with Crippen LogP contribution in [0.4, 0.5) is 28.9 Å². The molecular weight excluding hydrogens is 752 g/mol. The Hall–Kier alpha value is -7.78. The highest BCUT2D eigenvalue weighted by Gasteiger charge is 2.27. The van der Waals surface area contributed by atoms with Crippen molar-refractivity contribution in [2.24, 2.45) is 0 Å². The van der Waals surface area contributed by atoms with Crippen molar-refractivity contribution in [3.8, 4) is 23.1 Å². The molecule has 0 saturated carbocycles. The molecule has 6 rings (SSSR count). The molecule has 0 aliphatic rings. The smallest absolute Gasteiger partial charge is 0.338 e. The second kappa shape index (κ2) is 16.5. The Bertz CT molecular complexity index is 2250. The number of amides is 2. The lowest BCUT2D eigenvalue weighted by Crippen LogP contribution is -2.19. The fourth-order valence-corrected chi connectivity index (χ4v) is 4.91. The number of hydrogen-bond donors (Lipinski definition) is 4. The van der Waals surface area contributed by atoms with Crippen molar-refractivity contribution in [2.45, 2.75) is 12.8 Å². The highest BCUT2D eigenvalue weighted by molar-refractivity contribution is 6.08. The average Bonchev–Trinajstić information content (AvgIpc) is 3.93. The van der Waals surface area contributed by atoms with Crippen LogP contribution in [0.1, 0.15) is 54.5 Å². The number of carbonyl (C=O) groups excluding carboxylic acids is 2. The zero-order chi connectivity index (χ0) is 39.9. The Kier molecular flexibility index (Phi) is 11.2. The number of halogens is 4. The normalized spacial score (nSPS) is 10.9. The molecular formula is C34H24F4N10O8. The predicted octanol–water partition coefficient (Wildman–Crippen LogP) is 4.33. The van der Waals surface area contributed by atoms with Gasteiger partial charge in [0.15, 0.2) is 57.8 Å². The van der Waals surface area contributed by atoms with Crippen LogP contribution in [0.5, 0.6) is 11.5 Å². The van der Waals surface area contributed by atoms with Gasteiger partial charge in [-0.05, 0) is 49.2 Å². The van der Waals surface area contributed by atoms with Gasteiger partial charge in [0.25, 0.3) is 11.8 Å². The molecule has 4 heterocycles. The molecule has 0 aliphatic heterocycles. The van der Waals surface area contributed by atoms with Gasteiger partial charge in [-0.1, -0.05) is 0 Å². The zero-order valence-corrected chi connectivity index (χ0v) is 28.2. The van der Waals surface area contributed by atoms with Crippen molar-refractivity contribution in [1.82, 2.24) is 39.5 Å². The van der Waals surface area contributed by atoms with Gasteiger partial charge >= 0.3 is 11.9 Å². The van der Waals surface area contributed by atoms with E-state index in [2.05, 4.69) is 41.0 Å². The van der Waals surface area contributed by atoms with E-state index in [1.54, 1.807) is 12.4 Å². The second-order valence-corrected chi connectivity index (χ2v) is 11.3. The van der Waals surface area contributed by atoms with Gasteiger partial charge in [0.05, 0.1) is 35.7 Å². The molecule has 0 aliphatic carbocycles. The van der Waals surface area contributed by atoms with Crippen LogP contribution in [0, 0.1) is 23.3 Å². The van der Waals surface area contributed by atoms with Crippen molar-refractivity contribution in [1.29, 1.82) is 0 Å². The van der Waals surface area contributed by atoms with Crippen molar-refractivity contribution in [2.75, 3.05) is 23.8 Å². The minimum atomic E-state index is -1.77. The van der Waals surface area contributed by atoms with Gasteiger partial charge in [-0.25, -0.2) is 37.1 Å². The Balaban J connectivity index is 1.08. The molecule has 0 radical (unpaired) electrons. The molecule has 2 aromatic carbocycles. The topological polar surface area (TPSA) is 238 Å². The summed E-state index contributed by atoms with van der Waals surface area (Å²) in [4.78, 5) is 56.9. The first-order chi connectivity index (χ1) is 26.9. The van der Waals surface area contributed by atoms with Crippen LogP contribution in [0.15, 0.2) is 73.8 Å². The Morgan fingerprint density at radius 2 is 1.04 bits per heavy atom. The average molecular weight is 777 g/mol. The van der Waals surface area contributed by atoms with Crippen molar-refractivity contribution in [3.05, 3.63) is 120 Å². The highest BCUT2D eigenvalue weighted by Crippen LogP contribution is 2.34. The number of unbranched alkanes of at least 4 members (excludes halogenated alkanes) is 1. The maximum atomic E-state index is 15.5. The van der Waals surface area contributed by atoms with Gasteiger partial charge in [-0.2, -0.15) is 0 Å². The highest BCUT2D eigenvalue weighted by atomic mass is 19.1. The first-order valence-electron chi connectivity index (χ1n) is 16.0. The lowest BCUT2D eigenvalue weighted by molar-refractivity contribution is 0.0685. The van der Waals surface area contributed by atoms with Gasteiger partial charge in [0.1, 0.15) is 12.7 Å². The van der Waals surface area contributed by atoms with Crippen molar-refractivity contribution < 1.29 is 56.4 Å². The number of ether oxygens (including phenoxy) is 2. The zero-order valence-electron chi connectivity index (χ0n) is 28.2. The summed E-state index contributed by atoms with van der Waals surface area (Å²) < 4.78 is 74.0. The molecule has 0 bridgehead atoms.